The Labute approximate surface area is 189 Å². The number of nitrogens with one attached hydrogen (secondary N) is 1. The van der Waals surface area contributed by atoms with Crippen LogP contribution in [0, 0.1) is 5.92 Å². The van der Waals surface area contributed by atoms with Gasteiger partial charge in [-0.05, 0) is 70.7 Å². The van der Waals surface area contributed by atoms with E-state index in [-0.39, 0.29) is 17.9 Å². The number of hydrogen-bond donors (Lipinski definition) is 1. The maximum atomic E-state index is 12.8. The third-order valence-corrected chi connectivity index (χ3v) is 5.96. The molecule has 0 bridgehead atoms. The molecule has 2 aromatic rings. The van der Waals surface area contributed by atoms with Crippen molar-refractivity contribution >= 4 is 17.7 Å². The zero-order valence-electron chi connectivity index (χ0n) is 19.3. The van der Waals surface area contributed by atoms with Crippen molar-refractivity contribution in [2.24, 2.45) is 5.92 Å². The van der Waals surface area contributed by atoms with Gasteiger partial charge >= 0.3 is 6.09 Å². The lowest BCUT2D eigenvalue weighted by atomic mass is 9.97. The number of anilines is 1. The molecule has 1 atom stereocenters. The van der Waals surface area contributed by atoms with E-state index in [1.165, 1.54) is 6.42 Å². The third kappa shape index (κ3) is 5.29. The van der Waals surface area contributed by atoms with E-state index < -0.39 is 5.60 Å². The molecule has 172 valence electrons. The zero-order chi connectivity index (χ0) is 22.7. The Hall–Kier alpha value is -2.90. The number of amides is 2. The van der Waals surface area contributed by atoms with Crippen molar-refractivity contribution in [2.45, 2.75) is 71.4 Å². The average Bonchev–Trinajstić information content (AvgIpc) is 3.01. The van der Waals surface area contributed by atoms with Gasteiger partial charge in [-0.3, -0.25) is 4.79 Å². The monoisotopic (exact) mass is 439 g/mol. The Morgan fingerprint density at radius 3 is 2.56 bits per heavy atom. The zero-order valence-corrected chi connectivity index (χ0v) is 19.3. The van der Waals surface area contributed by atoms with Crippen LogP contribution in [0.2, 0.25) is 0 Å². The number of piperidine rings is 1. The molecular formula is C24H33N5O3. The number of benzene rings is 1. The number of aryl methyl sites for hydroxylation is 1. The lowest BCUT2D eigenvalue weighted by Crippen LogP contribution is -2.45. The van der Waals surface area contributed by atoms with Gasteiger partial charge in [-0.2, -0.15) is 0 Å². The molecule has 0 saturated carbocycles. The third-order valence-electron chi connectivity index (χ3n) is 5.96. The maximum absolute atomic E-state index is 12.8. The molecule has 0 aliphatic carbocycles. The number of fused-ring (bicyclic) bond motifs is 1. The Bertz CT molecular complexity index is 961. The van der Waals surface area contributed by atoms with Gasteiger partial charge in [-0.15, -0.1) is 10.2 Å². The van der Waals surface area contributed by atoms with E-state index in [4.69, 9.17) is 4.74 Å². The highest BCUT2D eigenvalue weighted by Gasteiger charge is 2.31. The van der Waals surface area contributed by atoms with Gasteiger partial charge < -0.3 is 19.5 Å². The van der Waals surface area contributed by atoms with Crippen molar-refractivity contribution in [2.75, 3.05) is 18.4 Å². The summed E-state index contributed by atoms with van der Waals surface area (Å²) in [7, 11) is 0. The fraction of sp³-hybridized carbons (Fsp3) is 0.583. The summed E-state index contributed by atoms with van der Waals surface area (Å²) in [6.45, 7) is 7.49. The quantitative estimate of drug-likeness (QED) is 0.772. The largest absolute Gasteiger partial charge is 0.444 e. The Kier molecular flexibility index (Phi) is 6.48. The van der Waals surface area contributed by atoms with Crippen molar-refractivity contribution in [1.29, 1.82) is 0 Å². The van der Waals surface area contributed by atoms with Crippen LogP contribution in [0.3, 0.4) is 0 Å². The molecule has 1 unspecified atom stereocenters. The Morgan fingerprint density at radius 1 is 1.03 bits per heavy atom. The summed E-state index contributed by atoms with van der Waals surface area (Å²) in [6.07, 6.45) is 5.70. The standard InChI is InChI=1S/C24H33N5O3/c1-24(2,3)32-23(31)28-14-7-8-18(16-28)22(30)25-19-12-10-17(11-13-19)21-27-26-20-9-5-4-6-15-29(20)21/h10-13,18H,4-9,14-16H2,1-3H3,(H,25,30). The van der Waals surface area contributed by atoms with Crippen molar-refractivity contribution in [1.82, 2.24) is 19.7 Å². The SMILES string of the molecule is CC(C)(C)OC(=O)N1CCCC(C(=O)Nc2ccc(-c3nnc4n3CCCCC4)cc2)C1. The highest BCUT2D eigenvalue weighted by Crippen LogP contribution is 2.25. The first-order valence-corrected chi connectivity index (χ1v) is 11.6. The second-order valence-electron chi connectivity index (χ2n) is 9.73. The Balaban J connectivity index is 1.38. The molecule has 1 aromatic heterocycles. The summed E-state index contributed by atoms with van der Waals surface area (Å²) in [5, 5.41) is 11.8. The molecule has 1 saturated heterocycles. The number of carbonyl (C=O) groups excluding carboxylic acids is 2. The minimum absolute atomic E-state index is 0.0673. The minimum atomic E-state index is -0.545. The van der Waals surface area contributed by atoms with Gasteiger partial charge in [-0.1, -0.05) is 6.42 Å². The molecular weight excluding hydrogens is 406 g/mol. The highest BCUT2D eigenvalue weighted by molar-refractivity contribution is 5.93. The molecule has 0 radical (unpaired) electrons. The second kappa shape index (κ2) is 9.30. The summed E-state index contributed by atoms with van der Waals surface area (Å²) >= 11 is 0. The summed E-state index contributed by atoms with van der Waals surface area (Å²) in [5.74, 6) is 1.63. The minimum Gasteiger partial charge on any atom is -0.444 e. The molecule has 4 rings (SSSR count). The number of likely N-dealkylation sites (tertiary alicyclic amines) is 1. The first kappa shape index (κ1) is 22.3. The topological polar surface area (TPSA) is 89.3 Å². The van der Waals surface area contributed by atoms with Gasteiger partial charge in [0.05, 0.1) is 5.92 Å². The summed E-state index contributed by atoms with van der Waals surface area (Å²) < 4.78 is 7.68. The summed E-state index contributed by atoms with van der Waals surface area (Å²) in [6, 6.07) is 7.76. The van der Waals surface area contributed by atoms with Gasteiger partial charge in [0.15, 0.2) is 5.82 Å². The normalized spacial score (nSPS) is 19.1. The number of nitrogens with zero attached hydrogens (tertiary/aromatic N) is 4. The summed E-state index contributed by atoms with van der Waals surface area (Å²) in [4.78, 5) is 26.9. The predicted molar refractivity (Wildman–Crippen MR) is 122 cm³/mol. The van der Waals surface area contributed by atoms with Crippen LogP contribution in [-0.4, -0.2) is 50.4 Å². The van der Waals surface area contributed by atoms with E-state index in [1.54, 1.807) is 4.90 Å². The van der Waals surface area contributed by atoms with E-state index in [9.17, 15) is 9.59 Å². The number of ether oxygens (including phenoxy) is 1. The molecule has 3 heterocycles. The molecule has 1 aromatic carbocycles. The molecule has 32 heavy (non-hydrogen) atoms. The van der Waals surface area contributed by atoms with Crippen LogP contribution in [0.4, 0.5) is 10.5 Å². The van der Waals surface area contributed by atoms with E-state index >= 15 is 0 Å². The van der Waals surface area contributed by atoms with E-state index in [0.717, 1.165) is 61.5 Å². The highest BCUT2D eigenvalue weighted by atomic mass is 16.6. The van der Waals surface area contributed by atoms with Crippen LogP contribution in [0.15, 0.2) is 24.3 Å². The van der Waals surface area contributed by atoms with Crippen LogP contribution in [-0.2, 0) is 22.5 Å². The van der Waals surface area contributed by atoms with Crippen LogP contribution in [0.5, 0.6) is 0 Å². The van der Waals surface area contributed by atoms with Crippen molar-refractivity contribution in [3.8, 4) is 11.4 Å². The van der Waals surface area contributed by atoms with Crippen LogP contribution < -0.4 is 5.32 Å². The van der Waals surface area contributed by atoms with E-state index in [0.29, 0.717) is 13.1 Å². The number of rotatable bonds is 3. The maximum Gasteiger partial charge on any atom is 0.410 e. The van der Waals surface area contributed by atoms with Gasteiger partial charge in [0.2, 0.25) is 5.91 Å². The average molecular weight is 440 g/mol. The summed E-state index contributed by atoms with van der Waals surface area (Å²) in [5.41, 5.74) is 1.19. The molecule has 2 aliphatic rings. The second-order valence-corrected chi connectivity index (χ2v) is 9.73. The van der Waals surface area contributed by atoms with Crippen LogP contribution in [0.1, 0.15) is 58.7 Å². The molecule has 0 spiro atoms. The lowest BCUT2D eigenvalue weighted by Gasteiger charge is -2.33. The Morgan fingerprint density at radius 2 is 1.81 bits per heavy atom. The smallest absolute Gasteiger partial charge is 0.410 e. The van der Waals surface area contributed by atoms with Crippen molar-refractivity contribution < 1.29 is 14.3 Å². The molecule has 8 nitrogen and oxygen atoms in total. The molecule has 2 aliphatic heterocycles. The molecule has 2 amide bonds. The molecule has 8 heteroatoms. The van der Waals surface area contributed by atoms with Crippen LogP contribution in [0.25, 0.3) is 11.4 Å². The van der Waals surface area contributed by atoms with Gasteiger partial charge in [-0.25, -0.2) is 4.79 Å². The van der Waals surface area contributed by atoms with Gasteiger partial charge in [0, 0.05) is 37.3 Å². The number of hydrogen-bond acceptors (Lipinski definition) is 5. The van der Waals surface area contributed by atoms with Crippen molar-refractivity contribution in [3.63, 3.8) is 0 Å². The lowest BCUT2D eigenvalue weighted by molar-refractivity contribution is -0.121. The molecule has 1 N–H and O–H groups in total. The van der Waals surface area contributed by atoms with E-state index in [1.807, 2.05) is 45.0 Å². The molecule has 1 fully saturated rings. The fourth-order valence-corrected chi connectivity index (χ4v) is 4.33. The first-order chi connectivity index (χ1) is 15.3. The van der Waals surface area contributed by atoms with Gasteiger partial charge in [0.25, 0.3) is 0 Å². The fourth-order valence-electron chi connectivity index (χ4n) is 4.33. The van der Waals surface area contributed by atoms with E-state index in [2.05, 4.69) is 20.1 Å². The first-order valence-electron chi connectivity index (χ1n) is 11.6. The predicted octanol–water partition coefficient (Wildman–Crippen LogP) is 4.26. The number of aromatic nitrogens is 3. The van der Waals surface area contributed by atoms with Crippen LogP contribution >= 0.6 is 0 Å². The number of carbonyl (C=O) groups is 2. The van der Waals surface area contributed by atoms with Crippen molar-refractivity contribution in [3.05, 3.63) is 30.1 Å². The van der Waals surface area contributed by atoms with Gasteiger partial charge in [0.1, 0.15) is 11.4 Å².